The molecule has 0 aromatic heterocycles. The lowest BCUT2D eigenvalue weighted by Crippen LogP contribution is -3.00. The molecule has 0 radical (unpaired) electrons. The fraction of sp³-hybridized carbons (Fsp3) is 0.300. The van der Waals surface area contributed by atoms with Gasteiger partial charge in [0.25, 0.3) is 0 Å². The van der Waals surface area contributed by atoms with Crippen LogP contribution < -0.4 is 21.5 Å². The number of hydrogen-bond acceptors (Lipinski definition) is 1. The average molecular weight is 260 g/mol. The van der Waals surface area contributed by atoms with Gasteiger partial charge < -0.3 is 22.1 Å². The maximum Gasteiger partial charge on any atom is 0.335 e. The normalized spacial score (nSPS) is 10.5. The zero-order valence-corrected chi connectivity index (χ0v) is 10.1. The molecule has 0 saturated heterocycles. The Hall–Kier alpha value is -0.870. The fourth-order valence-corrected chi connectivity index (χ4v) is 1.05. The van der Waals surface area contributed by atoms with Crippen LogP contribution in [0.5, 0.6) is 0 Å². The molecule has 14 heavy (non-hydrogen) atoms. The zero-order chi connectivity index (χ0) is 10.1. The van der Waals surface area contributed by atoms with E-state index in [1.807, 2.05) is 33.3 Å². The second kappa shape index (κ2) is 4.57. The lowest BCUT2D eigenvalue weighted by Gasteiger charge is -2.23. The third kappa shape index (κ3) is 3.12. The smallest absolute Gasteiger partial charge is 0.335 e. The predicted octanol–water partition coefficient (Wildman–Crippen LogP) is -1.41. The van der Waals surface area contributed by atoms with Gasteiger partial charge in [-0.2, -0.15) is 0 Å². The summed E-state index contributed by atoms with van der Waals surface area (Å²) in [5, 5.41) is 8.67. The standard InChI is InChI=1S/C10H13NO2.BrH/c1-11(2,3)9-6-4-8(5-7-9)10(12)13;/h4-7H,1-3H3;1H. The molecular formula is C10H14BrNO2. The average Bonchev–Trinajstić information content (AvgIpc) is 2.03. The Kier molecular flexibility index (Phi) is 4.29. The Morgan fingerprint density at radius 1 is 1.14 bits per heavy atom. The summed E-state index contributed by atoms with van der Waals surface area (Å²) in [6, 6.07) is 6.93. The van der Waals surface area contributed by atoms with E-state index in [9.17, 15) is 4.79 Å². The van der Waals surface area contributed by atoms with Crippen LogP contribution in [0.15, 0.2) is 24.3 Å². The van der Waals surface area contributed by atoms with E-state index in [-0.39, 0.29) is 17.0 Å². The molecule has 0 spiro atoms. The Balaban J connectivity index is 0.00000169. The Morgan fingerprint density at radius 2 is 1.57 bits per heavy atom. The predicted molar refractivity (Wildman–Crippen MR) is 53.0 cm³/mol. The van der Waals surface area contributed by atoms with Crippen molar-refractivity contribution in [2.24, 2.45) is 0 Å². The number of benzene rings is 1. The van der Waals surface area contributed by atoms with Crippen LogP contribution in [0.4, 0.5) is 5.69 Å². The summed E-state index contributed by atoms with van der Waals surface area (Å²) >= 11 is 0. The number of aromatic carboxylic acids is 1. The number of nitrogens with zero attached hydrogens (tertiary/aromatic N) is 1. The summed E-state index contributed by atoms with van der Waals surface area (Å²) in [6.45, 7) is 0. The number of halogens is 1. The summed E-state index contributed by atoms with van der Waals surface area (Å²) in [6.07, 6.45) is 0. The van der Waals surface area contributed by atoms with Crippen molar-refractivity contribution in [3.05, 3.63) is 29.8 Å². The van der Waals surface area contributed by atoms with Crippen molar-refractivity contribution in [3.8, 4) is 0 Å². The third-order valence-corrected chi connectivity index (χ3v) is 1.89. The van der Waals surface area contributed by atoms with E-state index in [2.05, 4.69) is 0 Å². The second-order valence-electron chi connectivity index (χ2n) is 3.86. The minimum atomic E-state index is -0.882. The van der Waals surface area contributed by atoms with E-state index in [0.717, 1.165) is 5.69 Å². The molecule has 0 heterocycles. The van der Waals surface area contributed by atoms with Gasteiger partial charge in [-0.3, -0.25) is 4.48 Å². The minimum Gasteiger partial charge on any atom is -1.00 e. The van der Waals surface area contributed by atoms with Crippen molar-refractivity contribution in [1.82, 2.24) is 4.48 Å². The van der Waals surface area contributed by atoms with Crippen LogP contribution in [-0.2, 0) is 0 Å². The van der Waals surface area contributed by atoms with Gasteiger partial charge in [-0.15, -0.1) is 0 Å². The van der Waals surface area contributed by atoms with Gasteiger partial charge in [0.2, 0.25) is 0 Å². The van der Waals surface area contributed by atoms with Crippen molar-refractivity contribution in [3.63, 3.8) is 0 Å². The number of carboxylic acid groups (broad SMARTS) is 1. The van der Waals surface area contributed by atoms with E-state index < -0.39 is 5.97 Å². The first-order valence-corrected chi connectivity index (χ1v) is 4.06. The van der Waals surface area contributed by atoms with Crippen LogP contribution >= 0.6 is 0 Å². The van der Waals surface area contributed by atoms with Crippen molar-refractivity contribution >= 4 is 11.7 Å². The number of hydrogen-bond donors (Lipinski definition) is 1. The van der Waals surface area contributed by atoms with Gasteiger partial charge >= 0.3 is 5.97 Å². The maximum absolute atomic E-state index is 10.6. The van der Waals surface area contributed by atoms with Gasteiger partial charge in [0, 0.05) is 0 Å². The Bertz CT molecular complexity index is 314. The van der Waals surface area contributed by atoms with Crippen molar-refractivity contribution in [2.45, 2.75) is 0 Å². The molecule has 0 amide bonds. The first-order chi connectivity index (χ1) is 5.91. The van der Waals surface area contributed by atoms with Gasteiger partial charge in [0.05, 0.1) is 26.7 Å². The molecule has 4 heteroatoms. The molecule has 0 bridgehead atoms. The molecule has 1 aromatic rings. The van der Waals surface area contributed by atoms with E-state index in [0.29, 0.717) is 10.0 Å². The highest BCUT2D eigenvalue weighted by molar-refractivity contribution is 5.87. The minimum absolute atomic E-state index is 0. The summed E-state index contributed by atoms with van der Waals surface area (Å²) in [5.41, 5.74) is 1.42. The topological polar surface area (TPSA) is 37.3 Å². The lowest BCUT2D eigenvalue weighted by molar-refractivity contribution is -0.0000185. The van der Waals surface area contributed by atoms with Crippen LogP contribution in [0.2, 0.25) is 0 Å². The zero-order valence-electron chi connectivity index (χ0n) is 8.49. The van der Waals surface area contributed by atoms with Crippen LogP contribution in [0.25, 0.3) is 0 Å². The molecule has 3 nitrogen and oxygen atoms in total. The molecule has 1 rings (SSSR count). The van der Waals surface area contributed by atoms with Crippen molar-refractivity contribution in [2.75, 3.05) is 21.1 Å². The van der Waals surface area contributed by atoms with Crippen LogP contribution in [0, 0.1) is 0 Å². The van der Waals surface area contributed by atoms with Gasteiger partial charge in [0.15, 0.2) is 0 Å². The third-order valence-electron chi connectivity index (χ3n) is 1.89. The highest BCUT2D eigenvalue weighted by Crippen LogP contribution is 2.16. The van der Waals surface area contributed by atoms with Gasteiger partial charge in [-0.1, -0.05) is 0 Å². The number of carbonyl (C=O) groups is 1. The molecule has 1 N–H and O–H groups in total. The molecular weight excluding hydrogens is 246 g/mol. The highest BCUT2D eigenvalue weighted by atomic mass is 79.9. The molecule has 0 atom stereocenters. The second-order valence-corrected chi connectivity index (χ2v) is 3.86. The van der Waals surface area contributed by atoms with Gasteiger partial charge in [-0.05, 0) is 24.3 Å². The van der Waals surface area contributed by atoms with Crippen LogP contribution in [0.1, 0.15) is 10.4 Å². The lowest BCUT2D eigenvalue weighted by atomic mass is 10.2. The van der Waals surface area contributed by atoms with E-state index in [1.54, 1.807) is 12.1 Å². The van der Waals surface area contributed by atoms with Crippen LogP contribution in [-0.4, -0.2) is 32.2 Å². The largest absolute Gasteiger partial charge is 1.00 e. The summed E-state index contributed by atoms with van der Waals surface area (Å²) in [5.74, 6) is -0.882. The van der Waals surface area contributed by atoms with E-state index in [1.165, 1.54) is 0 Å². The molecule has 0 aliphatic carbocycles. The molecule has 0 unspecified atom stereocenters. The summed E-state index contributed by atoms with van der Waals surface area (Å²) < 4.78 is 0.694. The van der Waals surface area contributed by atoms with Gasteiger partial charge in [0.1, 0.15) is 5.69 Å². The quantitative estimate of drug-likeness (QED) is 0.663. The number of rotatable bonds is 2. The van der Waals surface area contributed by atoms with Crippen molar-refractivity contribution in [1.29, 1.82) is 0 Å². The molecule has 0 aliphatic heterocycles. The maximum atomic E-state index is 10.6. The molecule has 0 aliphatic rings. The van der Waals surface area contributed by atoms with Crippen molar-refractivity contribution < 1.29 is 26.9 Å². The summed E-state index contributed by atoms with van der Waals surface area (Å²) in [4.78, 5) is 10.6. The molecule has 1 aromatic carbocycles. The first kappa shape index (κ1) is 13.1. The SMILES string of the molecule is C[N+](C)(C)c1ccc(C(=O)O)cc1.[Br-]. The summed E-state index contributed by atoms with van der Waals surface area (Å²) in [7, 11) is 6.11. The fourth-order valence-electron chi connectivity index (χ4n) is 1.05. The highest BCUT2D eigenvalue weighted by Gasteiger charge is 2.12. The monoisotopic (exact) mass is 259 g/mol. The van der Waals surface area contributed by atoms with E-state index >= 15 is 0 Å². The van der Waals surface area contributed by atoms with Crippen LogP contribution in [0.3, 0.4) is 0 Å². The molecule has 78 valence electrons. The number of carboxylic acids is 1. The van der Waals surface area contributed by atoms with Gasteiger partial charge in [-0.25, -0.2) is 4.79 Å². The first-order valence-electron chi connectivity index (χ1n) is 4.06. The number of quaternary nitrogens is 1. The Labute approximate surface area is 94.3 Å². The Morgan fingerprint density at radius 3 is 1.86 bits per heavy atom. The van der Waals surface area contributed by atoms with E-state index in [4.69, 9.17) is 5.11 Å². The molecule has 0 saturated carbocycles. The molecule has 0 fully saturated rings.